The molecule has 0 spiro atoms. The Balaban J connectivity index is 2.18. The fraction of sp³-hybridized carbons (Fsp3) is 0.900. The number of carboxylic acid groups (broad SMARTS) is 1. The van der Waals surface area contributed by atoms with Gasteiger partial charge in [0, 0.05) is 5.88 Å². The average molecular weight is 205 g/mol. The van der Waals surface area contributed by atoms with Crippen molar-refractivity contribution in [1.29, 1.82) is 0 Å². The van der Waals surface area contributed by atoms with Crippen LogP contribution in [0, 0.1) is 11.8 Å². The lowest BCUT2D eigenvalue weighted by molar-refractivity contribution is -0.143. The average Bonchev–Trinajstić information content (AvgIpc) is 2.15. The van der Waals surface area contributed by atoms with Crippen LogP contribution in [0.4, 0.5) is 0 Å². The van der Waals surface area contributed by atoms with E-state index < -0.39 is 5.97 Å². The van der Waals surface area contributed by atoms with E-state index in [2.05, 4.69) is 0 Å². The van der Waals surface area contributed by atoms with Crippen LogP contribution < -0.4 is 0 Å². The molecule has 1 aliphatic rings. The van der Waals surface area contributed by atoms with E-state index in [1.807, 2.05) is 0 Å². The van der Waals surface area contributed by atoms with Crippen LogP contribution in [0.25, 0.3) is 0 Å². The first-order valence-electron chi connectivity index (χ1n) is 5.02. The predicted octanol–water partition coefficient (Wildman–Crippen LogP) is 2.90. The van der Waals surface area contributed by atoms with E-state index in [9.17, 15) is 4.79 Å². The number of halogens is 1. The van der Waals surface area contributed by atoms with Crippen LogP contribution in [-0.2, 0) is 4.79 Å². The number of hydrogen-bond acceptors (Lipinski definition) is 1. The van der Waals surface area contributed by atoms with Crippen LogP contribution in [0.5, 0.6) is 0 Å². The number of rotatable bonds is 4. The number of carbonyl (C=O) groups is 1. The van der Waals surface area contributed by atoms with Crippen molar-refractivity contribution in [3.8, 4) is 0 Å². The molecule has 0 amide bonds. The molecule has 0 atom stereocenters. The van der Waals surface area contributed by atoms with Gasteiger partial charge in [-0.25, -0.2) is 0 Å². The summed E-state index contributed by atoms with van der Waals surface area (Å²) in [4.78, 5) is 10.7. The van der Waals surface area contributed by atoms with E-state index in [-0.39, 0.29) is 5.92 Å². The van der Waals surface area contributed by atoms with Crippen molar-refractivity contribution in [1.82, 2.24) is 0 Å². The molecule has 0 radical (unpaired) electrons. The lowest BCUT2D eigenvalue weighted by Crippen LogP contribution is -2.21. The molecule has 1 rings (SSSR count). The van der Waals surface area contributed by atoms with Crippen LogP contribution in [0.1, 0.15) is 38.5 Å². The summed E-state index contributed by atoms with van der Waals surface area (Å²) in [7, 11) is 0. The number of alkyl halides is 1. The maximum Gasteiger partial charge on any atom is 0.306 e. The van der Waals surface area contributed by atoms with Gasteiger partial charge >= 0.3 is 5.97 Å². The standard InChI is InChI=1S/C10H17ClO2/c11-7-1-2-8-3-5-9(6-4-8)10(12)13/h8-9H,1-7H2,(H,12,13). The predicted molar refractivity (Wildman–Crippen MR) is 53.0 cm³/mol. The smallest absolute Gasteiger partial charge is 0.306 e. The first-order valence-corrected chi connectivity index (χ1v) is 5.56. The van der Waals surface area contributed by atoms with Gasteiger partial charge in [0.05, 0.1) is 5.92 Å². The van der Waals surface area contributed by atoms with Crippen LogP contribution >= 0.6 is 11.6 Å². The van der Waals surface area contributed by atoms with Crippen molar-refractivity contribution in [2.45, 2.75) is 38.5 Å². The highest BCUT2D eigenvalue weighted by molar-refractivity contribution is 6.17. The molecule has 0 bridgehead atoms. The minimum absolute atomic E-state index is 0.0766. The highest BCUT2D eigenvalue weighted by atomic mass is 35.5. The Morgan fingerprint density at radius 3 is 2.38 bits per heavy atom. The Labute approximate surface area is 84.3 Å². The molecule has 76 valence electrons. The summed E-state index contributed by atoms with van der Waals surface area (Å²) in [6.07, 6.45) is 6.13. The summed E-state index contributed by atoms with van der Waals surface area (Å²) < 4.78 is 0. The van der Waals surface area contributed by atoms with Gasteiger partial charge in [0.1, 0.15) is 0 Å². The van der Waals surface area contributed by atoms with Crippen molar-refractivity contribution < 1.29 is 9.90 Å². The minimum atomic E-state index is -0.615. The third-order valence-electron chi connectivity index (χ3n) is 2.94. The zero-order valence-electron chi connectivity index (χ0n) is 7.84. The van der Waals surface area contributed by atoms with Crippen LogP contribution in [0.2, 0.25) is 0 Å². The second kappa shape index (κ2) is 5.48. The highest BCUT2D eigenvalue weighted by Crippen LogP contribution is 2.31. The van der Waals surface area contributed by atoms with Gasteiger partial charge in [-0.3, -0.25) is 4.79 Å². The maximum absolute atomic E-state index is 10.7. The molecule has 1 saturated carbocycles. The van der Waals surface area contributed by atoms with Gasteiger partial charge in [0.15, 0.2) is 0 Å². The van der Waals surface area contributed by atoms with E-state index in [0.29, 0.717) is 0 Å². The summed E-state index contributed by atoms with van der Waals surface area (Å²) in [5.74, 6) is 0.774. The molecular formula is C10H17ClO2. The van der Waals surface area contributed by atoms with Crippen LogP contribution in [0.15, 0.2) is 0 Å². The van der Waals surface area contributed by atoms with Gasteiger partial charge in [-0.2, -0.15) is 0 Å². The minimum Gasteiger partial charge on any atom is -0.481 e. The lowest BCUT2D eigenvalue weighted by Gasteiger charge is -2.25. The third-order valence-corrected chi connectivity index (χ3v) is 3.21. The van der Waals surface area contributed by atoms with Gasteiger partial charge in [-0.1, -0.05) is 0 Å². The molecular weight excluding hydrogens is 188 g/mol. The summed E-state index contributed by atoms with van der Waals surface area (Å²) in [5.41, 5.74) is 0. The summed E-state index contributed by atoms with van der Waals surface area (Å²) in [6.45, 7) is 0. The van der Waals surface area contributed by atoms with Gasteiger partial charge in [0.2, 0.25) is 0 Å². The van der Waals surface area contributed by atoms with E-state index in [1.165, 1.54) is 6.42 Å². The van der Waals surface area contributed by atoms with Crippen molar-refractivity contribution in [2.75, 3.05) is 5.88 Å². The zero-order chi connectivity index (χ0) is 9.68. The second-order valence-corrected chi connectivity index (χ2v) is 4.27. The van der Waals surface area contributed by atoms with Crippen molar-refractivity contribution in [3.63, 3.8) is 0 Å². The summed E-state index contributed by atoms with van der Waals surface area (Å²) in [6, 6.07) is 0. The van der Waals surface area contributed by atoms with Gasteiger partial charge in [-0.15, -0.1) is 11.6 Å². The van der Waals surface area contributed by atoms with E-state index in [1.54, 1.807) is 0 Å². The molecule has 0 aromatic rings. The fourth-order valence-corrected chi connectivity index (χ4v) is 2.22. The van der Waals surface area contributed by atoms with E-state index in [0.717, 1.165) is 43.9 Å². The summed E-state index contributed by atoms with van der Waals surface area (Å²) >= 11 is 5.61. The van der Waals surface area contributed by atoms with Gasteiger partial charge in [0.25, 0.3) is 0 Å². The molecule has 0 aromatic carbocycles. The molecule has 13 heavy (non-hydrogen) atoms. The number of carboxylic acids is 1. The molecule has 2 nitrogen and oxygen atoms in total. The van der Waals surface area contributed by atoms with Crippen LogP contribution in [0.3, 0.4) is 0 Å². The Morgan fingerprint density at radius 2 is 1.92 bits per heavy atom. The van der Waals surface area contributed by atoms with E-state index in [4.69, 9.17) is 16.7 Å². The highest BCUT2D eigenvalue weighted by Gasteiger charge is 2.25. The Kier molecular flexibility index (Phi) is 4.57. The normalized spacial score (nSPS) is 28.7. The van der Waals surface area contributed by atoms with Crippen molar-refractivity contribution in [2.24, 2.45) is 11.8 Å². The SMILES string of the molecule is O=C(O)C1CCC(CCCCl)CC1. The number of hydrogen-bond donors (Lipinski definition) is 1. The maximum atomic E-state index is 10.7. The lowest BCUT2D eigenvalue weighted by atomic mass is 9.80. The molecule has 0 saturated heterocycles. The molecule has 1 aliphatic carbocycles. The van der Waals surface area contributed by atoms with Gasteiger partial charge in [-0.05, 0) is 44.4 Å². The Bertz CT molecular complexity index is 162. The summed E-state index contributed by atoms with van der Waals surface area (Å²) in [5, 5.41) is 8.78. The fourth-order valence-electron chi connectivity index (χ4n) is 2.06. The van der Waals surface area contributed by atoms with Crippen molar-refractivity contribution >= 4 is 17.6 Å². The molecule has 1 fully saturated rings. The molecule has 0 aliphatic heterocycles. The molecule has 1 N–H and O–H groups in total. The molecule has 0 unspecified atom stereocenters. The van der Waals surface area contributed by atoms with E-state index >= 15 is 0 Å². The largest absolute Gasteiger partial charge is 0.481 e. The van der Waals surface area contributed by atoms with Gasteiger partial charge < -0.3 is 5.11 Å². The van der Waals surface area contributed by atoms with Crippen LogP contribution in [-0.4, -0.2) is 17.0 Å². The first kappa shape index (κ1) is 10.8. The first-order chi connectivity index (χ1) is 6.24. The topological polar surface area (TPSA) is 37.3 Å². The zero-order valence-corrected chi connectivity index (χ0v) is 8.59. The van der Waals surface area contributed by atoms with Crippen molar-refractivity contribution in [3.05, 3.63) is 0 Å². The third kappa shape index (κ3) is 3.55. The monoisotopic (exact) mass is 204 g/mol. The Morgan fingerprint density at radius 1 is 1.31 bits per heavy atom. The second-order valence-electron chi connectivity index (χ2n) is 3.89. The molecule has 3 heteroatoms. The Hall–Kier alpha value is -0.240. The quantitative estimate of drug-likeness (QED) is 0.715. The number of aliphatic carboxylic acids is 1. The molecule has 0 aromatic heterocycles. The molecule has 0 heterocycles.